The first-order chi connectivity index (χ1) is 13.5. The van der Waals surface area contributed by atoms with Gasteiger partial charge in [-0.25, -0.2) is 14.4 Å². The van der Waals surface area contributed by atoms with Crippen molar-refractivity contribution < 1.29 is 9.18 Å². The van der Waals surface area contributed by atoms with Gasteiger partial charge >= 0.3 is 0 Å². The lowest BCUT2D eigenvalue weighted by atomic mass is 10.0. The van der Waals surface area contributed by atoms with Crippen molar-refractivity contribution >= 4 is 5.91 Å². The number of aryl methyl sites for hydroxylation is 1. The van der Waals surface area contributed by atoms with Gasteiger partial charge in [0.1, 0.15) is 11.6 Å². The fourth-order valence-corrected chi connectivity index (χ4v) is 3.73. The summed E-state index contributed by atoms with van der Waals surface area (Å²) in [5.74, 6) is 0.926. The molecule has 0 bridgehead atoms. The first-order valence-corrected chi connectivity index (χ1v) is 10.1. The highest BCUT2D eigenvalue weighted by atomic mass is 19.1. The van der Waals surface area contributed by atoms with Crippen LogP contribution in [-0.4, -0.2) is 51.4 Å². The molecule has 0 saturated carbocycles. The van der Waals surface area contributed by atoms with Gasteiger partial charge in [-0.3, -0.25) is 9.69 Å². The predicted molar refractivity (Wildman–Crippen MR) is 107 cm³/mol. The van der Waals surface area contributed by atoms with E-state index in [0.29, 0.717) is 18.0 Å². The molecule has 2 heterocycles. The maximum Gasteiger partial charge on any atom is 0.257 e. The summed E-state index contributed by atoms with van der Waals surface area (Å²) in [6, 6.07) is 6.94. The molecule has 6 heteroatoms. The van der Waals surface area contributed by atoms with Crippen molar-refractivity contribution in [3.8, 4) is 0 Å². The summed E-state index contributed by atoms with van der Waals surface area (Å²) < 4.78 is 13.2. The molecule has 1 aliphatic heterocycles. The molecule has 150 valence electrons. The molecule has 1 fully saturated rings. The number of carbonyl (C=O) groups is 1. The second-order valence-electron chi connectivity index (χ2n) is 7.75. The van der Waals surface area contributed by atoms with Crippen molar-refractivity contribution in [1.82, 2.24) is 19.8 Å². The van der Waals surface area contributed by atoms with Crippen LogP contribution < -0.4 is 0 Å². The average molecular weight is 384 g/mol. The van der Waals surface area contributed by atoms with Crippen LogP contribution in [0.1, 0.15) is 48.9 Å². The zero-order valence-electron chi connectivity index (χ0n) is 16.9. The van der Waals surface area contributed by atoms with Crippen molar-refractivity contribution in [2.75, 3.05) is 19.6 Å². The predicted octanol–water partition coefficient (Wildman–Crippen LogP) is 3.55. The Kier molecular flexibility index (Phi) is 6.73. The first-order valence-electron chi connectivity index (χ1n) is 10.1. The Labute approximate surface area is 166 Å². The molecule has 28 heavy (non-hydrogen) atoms. The molecule has 0 N–H and O–H groups in total. The number of hydrogen-bond acceptors (Lipinski definition) is 4. The Hall–Kier alpha value is -2.34. The van der Waals surface area contributed by atoms with Crippen molar-refractivity contribution in [2.45, 2.75) is 46.2 Å². The van der Waals surface area contributed by atoms with Crippen LogP contribution in [0.2, 0.25) is 0 Å². The molecule has 0 spiro atoms. The van der Waals surface area contributed by atoms with E-state index < -0.39 is 0 Å². The van der Waals surface area contributed by atoms with Crippen molar-refractivity contribution in [1.29, 1.82) is 0 Å². The molecule has 1 aliphatic rings. The van der Waals surface area contributed by atoms with Crippen LogP contribution >= 0.6 is 0 Å². The summed E-state index contributed by atoms with van der Waals surface area (Å²) in [6.07, 6.45) is 4.94. The van der Waals surface area contributed by atoms with E-state index in [4.69, 9.17) is 0 Å². The first kappa shape index (κ1) is 20.4. The van der Waals surface area contributed by atoms with Crippen LogP contribution in [-0.2, 0) is 13.0 Å². The number of rotatable bonds is 5. The maximum absolute atomic E-state index is 13.2. The molecule has 5 nitrogen and oxygen atoms in total. The Morgan fingerprint density at radius 1 is 1.18 bits per heavy atom. The molecule has 3 rings (SSSR count). The molecule has 1 amide bonds. The zero-order chi connectivity index (χ0) is 20.1. The van der Waals surface area contributed by atoms with E-state index in [0.717, 1.165) is 43.9 Å². The second-order valence-corrected chi connectivity index (χ2v) is 7.75. The summed E-state index contributed by atoms with van der Waals surface area (Å²) in [5, 5.41) is 0. The molecule has 1 aromatic carbocycles. The van der Waals surface area contributed by atoms with Gasteiger partial charge < -0.3 is 4.90 Å². The van der Waals surface area contributed by atoms with E-state index in [1.807, 2.05) is 24.0 Å². The van der Waals surface area contributed by atoms with E-state index in [1.54, 1.807) is 12.4 Å². The molecule has 1 aromatic heterocycles. The normalized spacial score (nSPS) is 18.3. The molecular formula is C22H29FN4O. The Balaban J connectivity index is 1.74. The summed E-state index contributed by atoms with van der Waals surface area (Å²) in [6.45, 7) is 9.44. The Morgan fingerprint density at radius 3 is 2.46 bits per heavy atom. The molecule has 0 unspecified atom stereocenters. The number of aromatic nitrogens is 2. The van der Waals surface area contributed by atoms with E-state index in [9.17, 15) is 9.18 Å². The minimum absolute atomic E-state index is 0.00284. The van der Waals surface area contributed by atoms with Gasteiger partial charge in [0.25, 0.3) is 5.91 Å². The highest BCUT2D eigenvalue weighted by molar-refractivity contribution is 5.93. The van der Waals surface area contributed by atoms with Gasteiger partial charge in [-0.05, 0) is 30.0 Å². The lowest BCUT2D eigenvalue weighted by Gasteiger charge is -2.34. The van der Waals surface area contributed by atoms with Crippen molar-refractivity contribution in [2.24, 2.45) is 5.92 Å². The number of halogens is 1. The van der Waals surface area contributed by atoms with Gasteiger partial charge in [-0.15, -0.1) is 0 Å². The van der Waals surface area contributed by atoms with Gasteiger partial charge in [0, 0.05) is 51.0 Å². The zero-order valence-corrected chi connectivity index (χ0v) is 16.9. The van der Waals surface area contributed by atoms with E-state index in [2.05, 4.69) is 28.7 Å². The molecule has 1 atom stereocenters. The van der Waals surface area contributed by atoms with E-state index in [-0.39, 0.29) is 17.8 Å². The molecule has 0 radical (unpaired) electrons. The van der Waals surface area contributed by atoms with Crippen molar-refractivity contribution in [3.63, 3.8) is 0 Å². The fraction of sp³-hybridized carbons (Fsp3) is 0.500. The third kappa shape index (κ3) is 4.93. The lowest BCUT2D eigenvalue weighted by molar-refractivity contribution is 0.0701. The minimum atomic E-state index is -0.215. The standard InChI is InChI=1S/C22H29FN4O/c1-4-21-24-12-18(13-25-21)22(28)27-11-5-10-26(20(15-27)16(2)3)14-17-6-8-19(23)9-7-17/h6-9,12-13,16,20H,4-5,10-11,14-15H2,1-3H3/t20-/m0/s1. The van der Waals surface area contributed by atoms with Crippen LogP contribution in [0.4, 0.5) is 4.39 Å². The van der Waals surface area contributed by atoms with Crippen LogP contribution in [0.3, 0.4) is 0 Å². The highest BCUT2D eigenvalue weighted by Crippen LogP contribution is 2.21. The fourth-order valence-electron chi connectivity index (χ4n) is 3.73. The van der Waals surface area contributed by atoms with Crippen molar-refractivity contribution in [3.05, 3.63) is 59.4 Å². The third-order valence-electron chi connectivity index (χ3n) is 5.37. The molecule has 0 aliphatic carbocycles. The summed E-state index contributed by atoms with van der Waals surface area (Å²) in [5.41, 5.74) is 1.64. The van der Waals surface area contributed by atoms with Gasteiger partial charge in [-0.2, -0.15) is 0 Å². The average Bonchev–Trinajstić information content (AvgIpc) is 2.92. The quantitative estimate of drug-likeness (QED) is 0.791. The molecule has 2 aromatic rings. The molecule has 1 saturated heterocycles. The van der Waals surface area contributed by atoms with Crippen LogP contribution in [0.25, 0.3) is 0 Å². The topological polar surface area (TPSA) is 49.3 Å². The summed E-state index contributed by atoms with van der Waals surface area (Å²) in [4.78, 5) is 25.9. The van der Waals surface area contributed by atoms with E-state index >= 15 is 0 Å². The van der Waals surface area contributed by atoms with Crippen LogP contribution in [0, 0.1) is 11.7 Å². The number of hydrogen-bond donors (Lipinski definition) is 0. The van der Waals surface area contributed by atoms with Gasteiger partial charge in [0.15, 0.2) is 0 Å². The summed E-state index contributed by atoms with van der Waals surface area (Å²) in [7, 11) is 0. The molecular weight excluding hydrogens is 355 g/mol. The maximum atomic E-state index is 13.2. The number of amides is 1. The Bertz CT molecular complexity index is 776. The minimum Gasteiger partial charge on any atom is -0.337 e. The Morgan fingerprint density at radius 2 is 1.86 bits per heavy atom. The lowest BCUT2D eigenvalue weighted by Crippen LogP contribution is -2.45. The van der Waals surface area contributed by atoms with Crippen LogP contribution in [0.15, 0.2) is 36.7 Å². The SMILES string of the molecule is CCc1ncc(C(=O)N2CCCN(Cc3ccc(F)cc3)[C@H](C(C)C)C2)cn1. The van der Waals surface area contributed by atoms with Crippen LogP contribution in [0.5, 0.6) is 0 Å². The second kappa shape index (κ2) is 9.24. The van der Waals surface area contributed by atoms with Gasteiger partial charge in [0.05, 0.1) is 5.56 Å². The summed E-state index contributed by atoms with van der Waals surface area (Å²) >= 11 is 0. The largest absolute Gasteiger partial charge is 0.337 e. The number of carbonyl (C=O) groups excluding carboxylic acids is 1. The van der Waals surface area contributed by atoms with Gasteiger partial charge in [-0.1, -0.05) is 32.9 Å². The highest BCUT2D eigenvalue weighted by Gasteiger charge is 2.30. The van der Waals surface area contributed by atoms with Gasteiger partial charge in [0.2, 0.25) is 0 Å². The smallest absolute Gasteiger partial charge is 0.257 e. The number of benzene rings is 1. The number of nitrogens with zero attached hydrogens (tertiary/aromatic N) is 4. The third-order valence-corrected chi connectivity index (χ3v) is 5.37. The van der Waals surface area contributed by atoms with E-state index in [1.165, 1.54) is 12.1 Å². The monoisotopic (exact) mass is 384 g/mol.